The van der Waals surface area contributed by atoms with Crippen molar-refractivity contribution in [2.75, 3.05) is 13.7 Å². The maximum Gasteiger partial charge on any atom is 0.409 e. The summed E-state index contributed by atoms with van der Waals surface area (Å²) in [6.45, 7) is -0.644. The summed E-state index contributed by atoms with van der Waals surface area (Å²) in [5, 5.41) is 8.82. The molecule has 11 heteroatoms. The molecular weight excluding hydrogens is 312 g/mol. The highest BCUT2D eigenvalue weighted by Crippen LogP contribution is 2.41. The molecule has 122 valence electrons. The van der Waals surface area contributed by atoms with Gasteiger partial charge in [0, 0.05) is 20.1 Å². The molecule has 0 saturated carbocycles. The fraction of sp³-hybridized carbons (Fsp3) is 0.800. The Balaban J connectivity index is 3.11. The number of amides is 1. The lowest BCUT2D eigenvalue weighted by Gasteiger charge is -2.29. The summed E-state index contributed by atoms with van der Waals surface area (Å²) >= 11 is 0. The van der Waals surface area contributed by atoms with Crippen molar-refractivity contribution in [2.24, 2.45) is 5.92 Å². The van der Waals surface area contributed by atoms with E-state index in [4.69, 9.17) is 9.84 Å². The molecule has 1 N–H and O–H groups in total. The summed E-state index contributed by atoms with van der Waals surface area (Å²) in [5.41, 5.74) is 0. The summed E-state index contributed by atoms with van der Waals surface area (Å²) < 4.78 is 79.6. The van der Waals surface area contributed by atoms with Gasteiger partial charge in [-0.15, -0.1) is 0 Å². The zero-order chi connectivity index (χ0) is 16.6. The average molecular weight is 323 g/mol. The Morgan fingerprint density at radius 1 is 1.19 bits per heavy atom. The molecule has 21 heavy (non-hydrogen) atoms. The van der Waals surface area contributed by atoms with E-state index in [9.17, 15) is 35.9 Å². The molecule has 1 amide bonds. The van der Waals surface area contributed by atoms with Gasteiger partial charge in [0.25, 0.3) is 0 Å². The first kappa shape index (κ1) is 17.5. The summed E-state index contributed by atoms with van der Waals surface area (Å²) in [4.78, 5) is 22.5. The maximum absolute atomic E-state index is 12.5. The third-order valence-electron chi connectivity index (χ3n) is 3.07. The Bertz CT molecular complexity index is 407. The van der Waals surface area contributed by atoms with Crippen LogP contribution in [0.25, 0.3) is 0 Å². The van der Waals surface area contributed by atoms with Crippen LogP contribution in [0.5, 0.6) is 0 Å². The molecule has 0 radical (unpaired) electrons. The molecule has 1 aliphatic rings. The number of ether oxygens (including phenoxy) is 1. The van der Waals surface area contributed by atoms with Crippen molar-refractivity contribution in [3.8, 4) is 0 Å². The lowest BCUT2D eigenvalue weighted by atomic mass is 10.1. The Labute approximate surface area is 114 Å². The molecule has 0 aromatic rings. The largest absolute Gasteiger partial charge is 0.480 e. The summed E-state index contributed by atoms with van der Waals surface area (Å²) in [5.74, 6) is -8.27. The minimum atomic E-state index is -5.86. The minimum Gasteiger partial charge on any atom is -0.480 e. The van der Waals surface area contributed by atoms with Gasteiger partial charge >= 0.3 is 18.3 Å². The number of carboxylic acids is 1. The third-order valence-corrected chi connectivity index (χ3v) is 3.07. The first-order chi connectivity index (χ1) is 9.39. The van der Waals surface area contributed by atoms with Crippen LogP contribution in [-0.4, -0.2) is 60.0 Å². The molecule has 1 rings (SSSR count). The van der Waals surface area contributed by atoms with Crippen molar-refractivity contribution >= 4 is 11.9 Å². The Morgan fingerprint density at radius 3 is 2.00 bits per heavy atom. The van der Waals surface area contributed by atoms with E-state index in [1.54, 1.807) is 0 Å². The van der Waals surface area contributed by atoms with Gasteiger partial charge in [0.15, 0.2) is 0 Å². The minimum absolute atomic E-state index is 0.0577. The van der Waals surface area contributed by atoms with Crippen LogP contribution < -0.4 is 0 Å². The SMILES string of the molecule is COC1CC(C(=O)O)N(C(=O)C(C(F)(F)F)C(F)(F)F)C1. The number of carbonyl (C=O) groups is 2. The van der Waals surface area contributed by atoms with Crippen molar-refractivity contribution in [3.63, 3.8) is 0 Å². The number of alkyl halides is 6. The van der Waals surface area contributed by atoms with Gasteiger partial charge in [0.1, 0.15) is 6.04 Å². The fourth-order valence-electron chi connectivity index (χ4n) is 2.08. The number of hydrogen-bond acceptors (Lipinski definition) is 3. The van der Waals surface area contributed by atoms with E-state index in [1.165, 1.54) is 0 Å². The molecule has 2 unspecified atom stereocenters. The molecule has 0 spiro atoms. The molecule has 5 nitrogen and oxygen atoms in total. The molecule has 0 aromatic carbocycles. The van der Waals surface area contributed by atoms with Gasteiger partial charge in [-0.1, -0.05) is 0 Å². The Morgan fingerprint density at radius 2 is 1.67 bits per heavy atom. The number of hydrogen-bond donors (Lipinski definition) is 1. The number of nitrogens with zero attached hydrogens (tertiary/aromatic N) is 1. The summed E-state index contributed by atoms with van der Waals surface area (Å²) in [6.07, 6.45) is -13.0. The second-order valence-corrected chi connectivity index (χ2v) is 4.45. The van der Waals surface area contributed by atoms with Gasteiger partial charge < -0.3 is 14.7 Å². The number of methoxy groups -OCH3 is 1. The molecule has 1 heterocycles. The molecule has 0 bridgehead atoms. The van der Waals surface area contributed by atoms with E-state index >= 15 is 0 Å². The van der Waals surface area contributed by atoms with E-state index in [-0.39, 0.29) is 11.3 Å². The smallest absolute Gasteiger partial charge is 0.409 e. The van der Waals surface area contributed by atoms with Gasteiger partial charge in [-0.25, -0.2) is 4.79 Å². The predicted molar refractivity (Wildman–Crippen MR) is 54.2 cm³/mol. The highest BCUT2D eigenvalue weighted by Gasteiger charge is 2.63. The van der Waals surface area contributed by atoms with E-state index in [0.717, 1.165) is 7.11 Å². The van der Waals surface area contributed by atoms with Crippen LogP contribution in [0.2, 0.25) is 0 Å². The van der Waals surface area contributed by atoms with E-state index in [2.05, 4.69) is 0 Å². The highest BCUT2D eigenvalue weighted by atomic mass is 19.4. The molecule has 0 aliphatic carbocycles. The molecular formula is C10H11F6NO4. The van der Waals surface area contributed by atoms with E-state index in [1.807, 2.05) is 0 Å². The lowest BCUT2D eigenvalue weighted by Crippen LogP contribution is -2.52. The van der Waals surface area contributed by atoms with Crippen LogP contribution in [0.4, 0.5) is 26.3 Å². The number of halogens is 6. The van der Waals surface area contributed by atoms with Crippen molar-refractivity contribution in [3.05, 3.63) is 0 Å². The second-order valence-electron chi connectivity index (χ2n) is 4.45. The number of carbonyl (C=O) groups excluding carboxylic acids is 1. The van der Waals surface area contributed by atoms with Crippen LogP contribution >= 0.6 is 0 Å². The zero-order valence-corrected chi connectivity index (χ0v) is 10.5. The number of rotatable bonds is 3. The van der Waals surface area contributed by atoms with Crippen LogP contribution in [0.3, 0.4) is 0 Å². The van der Waals surface area contributed by atoms with Gasteiger partial charge in [-0.05, 0) is 0 Å². The Hall–Kier alpha value is -1.52. The van der Waals surface area contributed by atoms with Crippen molar-refractivity contribution < 1.29 is 45.8 Å². The second kappa shape index (κ2) is 5.70. The standard InChI is InChI=1S/C10H11F6NO4/c1-21-4-2-5(8(19)20)17(3-4)7(18)6(9(11,12)13)10(14,15)16/h4-6H,2-3H2,1H3,(H,19,20). The zero-order valence-electron chi connectivity index (χ0n) is 10.5. The first-order valence-corrected chi connectivity index (χ1v) is 5.59. The predicted octanol–water partition coefficient (Wildman–Crippen LogP) is 1.43. The fourth-order valence-corrected chi connectivity index (χ4v) is 2.08. The number of carboxylic acid groups (broad SMARTS) is 1. The number of likely N-dealkylation sites (tertiary alicyclic amines) is 1. The van der Waals surface area contributed by atoms with Crippen LogP contribution in [-0.2, 0) is 14.3 Å². The highest BCUT2D eigenvalue weighted by molar-refractivity contribution is 5.86. The van der Waals surface area contributed by atoms with Crippen molar-refractivity contribution in [1.29, 1.82) is 0 Å². The third kappa shape index (κ3) is 3.77. The molecule has 1 aliphatic heterocycles. The summed E-state index contributed by atoms with van der Waals surface area (Å²) in [6, 6.07) is -1.78. The molecule has 1 fully saturated rings. The number of aliphatic carboxylic acids is 1. The Kier molecular flexibility index (Phi) is 4.76. The van der Waals surface area contributed by atoms with Gasteiger partial charge in [-0.3, -0.25) is 4.79 Å². The lowest BCUT2D eigenvalue weighted by molar-refractivity contribution is -0.278. The summed E-state index contributed by atoms with van der Waals surface area (Å²) in [7, 11) is 1.11. The normalized spacial score (nSPS) is 23.7. The average Bonchev–Trinajstić information content (AvgIpc) is 2.68. The van der Waals surface area contributed by atoms with Crippen LogP contribution in [0.15, 0.2) is 0 Å². The van der Waals surface area contributed by atoms with Crippen molar-refractivity contribution in [1.82, 2.24) is 4.90 Å². The van der Waals surface area contributed by atoms with Gasteiger partial charge in [0.05, 0.1) is 6.10 Å². The molecule has 0 aromatic heterocycles. The van der Waals surface area contributed by atoms with Crippen LogP contribution in [0.1, 0.15) is 6.42 Å². The van der Waals surface area contributed by atoms with Gasteiger partial charge in [-0.2, -0.15) is 26.3 Å². The van der Waals surface area contributed by atoms with E-state index in [0.29, 0.717) is 0 Å². The maximum atomic E-state index is 12.5. The van der Waals surface area contributed by atoms with Crippen molar-refractivity contribution in [2.45, 2.75) is 30.9 Å². The quantitative estimate of drug-likeness (QED) is 0.798. The van der Waals surface area contributed by atoms with Crippen LogP contribution in [0, 0.1) is 5.92 Å². The first-order valence-electron chi connectivity index (χ1n) is 5.59. The van der Waals surface area contributed by atoms with Gasteiger partial charge in [0.2, 0.25) is 11.8 Å². The monoisotopic (exact) mass is 323 g/mol. The topological polar surface area (TPSA) is 66.8 Å². The van der Waals surface area contributed by atoms with E-state index < -0.39 is 48.8 Å². The molecule has 2 atom stereocenters. The molecule has 1 saturated heterocycles.